The number of nitrogens with one attached hydrogen (secondary N) is 2. The Morgan fingerprint density at radius 1 is 1.29 bits per heavy atom. The zero-order valence-corrected chi connectivity index (χ0v) is 12.1. The molecule has 0 spiro atoms. The highest BCUT2D eigenvalue weighted by atomic mass is 19.1. The van der Waals surface area contributed by atoms with Gasteiger partial charge in [-0.05, 0) is 45.0 Å². The molecule has 0 unspecified atom stereocenters. The van der Waals surface area contributed by atoms with Crippen LogP contribution in [0.1, 0.15) is 20.8 Å². The van der Waals surface area contributed by atoms with Gasteiger partial charge in [0.15, 0.2) is 0 Å². The number of carbonyl (C=O) groups excluding carboxylic acids is 2. The first-order valence-corrected chi connectivity index (χ1v) is 6.38. The first kappa shape index (κ1) is 16.9. The van der Waals surface area contributed by atoms with E-state index in [2.05, 4.69) is 10.6 Å². The Labute approximate surface area is 122 Å². The summed E-state index contributed by atoms with van der Waals surface area (Å²) in [5, 5.41) is 13.9. The van der Waals surface area contributed by atoms with Gasteiger partial charge in [-0.1, -0.05) is 0 Å². The summed E-state index contributed by atoms with van der Waals surface area (Å²) in [7, 11) is 0. The Bertz CT molecular complexity index is 497. The van der Waals surface area contributed by atoms with Gasteiger partial charge in [-0.2, -0.15) is 0 Å². The van der Waals surface area contributed by atoms with Crippen molar-refractivity contribution in [3.63, 3.8) is 0 Å². The fraction of sp³-hybridized carbons (Fsp3) is 0.429. The summed E-state index contributed by atoms with van der Waals surface area (Å²) in [6.07, 6.45) is -0.809. The lowest BCUT2D eigenvalue weighted by Gasteiger charge is -2.22. The molecule has 21 heavy (non-hydrogen) atoms. The van der Waals surface area contributed by atoms with Crippen LogP contribution in [-0.4, -0.2) is 35.4 Å². The Hall–Kier alpha value is -2.15. The number of amides is 2. The number of benzene rings is 1. The van der Waals surface area contributed by atoms with Crippen molar-refractivity contribution in [3.05, 3.63) is 30.1 Å². The topological polar surface area (TPSA) is 87.7 Å². The van der Waals surface area contributed by atoms with Gasteiger partial charge >= 0.3 is 6.09 Å². The van der Waals surface area contributed by atoms with Crippen LogP contribution in [0.4, 0.5) is 14.9 Å². The highest BCUT2D eigenvalue weighted by molar-refractivity contribution is 5.96. The number of halogens is 1. The molecular weight excluding hydrogens is 279 g/mol. The van der Waals surface area contributed by atoms with Crippen LogP contribution in [0.2, 0.25) is 0 Å². The summed E-state index contributed by atoms with van der Waals surface area (Å²) in [5.74, 6) is -1.06. The maximum Gasteiger partial charge on any atom is 0.408 e. The molecule has 116 valence electrons. The third-order valence-electron chi connectivity index (χ3n) is 2.30. The van der Waals surface area contributed by atoms with Gasteiger partial charge in [0.2, 0.25) is 5.91 Å². The number of ether oxygens (including phenoxy) is 1. The molecule has 1 aromatic rings. The molecule has 0 heterocycles. The summed E-state index contributed by atoms with van der Waals surface area (Å²) in [6, 6.07) is 3.95. The van der Waals surface area contributed by atoms with Crippen molar-refractivity contribution in [3.8, 4) is 0 Å². The van der Waals surface area contributed by atoms with Crippen LogP contribution >= 0.6 is 0 Å². The van der Waals surface area contributed by atoms with Crippen molar-refractivity contribution in [2.45, 2.75) is 32.4 Å². The van der Waals surface area contributed by atoms with Crippen molar-refractivity contribution >= 4 is 17.7 Å². The van der Waals surface area contributed by atoms with Crippen molar-refractivity contribution in [2.24, 2.45) is 0 Å². The van der Waals surface area contributed by atoms with Crippen LogP contribution in [0.15, 0.2) is 24.3 Å². The number of rotatable bonds is 4. The molecule has 1 atom stereocenters. The van der Waals surface area contributed by atoms with Crippen LogP contribution < -0.4 is 10.6 Å². The number of alkyl carbamates (subject to hydrolysis) is 1. The molecule has 2 amide bonds. The van der Waals surface area contributed by atoms with E-state index in [-0.39, 0.29) is 0 Å². The smallest absolute Gasteiger partial charge is 0.408 e. The number of hydrogen-bond donors (Lipinski definition) is 3. The Morgan fingerprint density at radius 2 is 1.86 bits per heavy atom. The molecule has 3 N–H and O–H groups in total. The van der Waals surface area contributed by atoms with Gasteiger partial charge in [0.1, 0.15) is 17.5 Å². The SMILES string of the molecule is CC(C)(C)OC(=O)N[C@@H](CO)C(=O)Nc1ccc(F)cc1. The quantitative estimate of drug-likeness (QED) is 0.788. The van der Waals surface area contributed by atoms with Gasteiger partial charge in [0.25, 0.3) is 0 Å². The predicted octanol–water partition coefficient (Wildman–Crippen LogP) is 1.65. The zero-order valence-electron chi connectivity index (χ0n) is 12.1. The second kappa shape index (κ2) is 7.03. The minimum Gasteiger partial charge on any atom is -0.444 e. The first-order valence-electron chi connectivity index (χ1n) is 6.38. The lowest BCUT2D eigenvalue weighted by atomic mass is 10.2. The maximum atomic E-state index is 12.8. The molecule has 0 fully saturated rings. The molecule has 0 radical (unpaired) electrons. The first-order chi connectivity index (χ1) is 9.71. The van der Waals surface area contributed by atoms with Crippen molar-refractivity contribution in [1.82, 2.24) is 5.32 Å². The average Bonchev–Trinajstić information content (AvgIpc) is 2.36. The second-order valence-corrected chi connectivity index (χ2v) is 5.38. The van der Waals surface area contributed by atoms with E-state index in [1.54, 1.807) is 20.8 Å². The van der Waals surface area contributed by atoms with Gasteiger partial charge in [0.05, 0.1) is 6.61 Å². The van der Waals surface area contributed by atoms with Crippen LogP contribution in [0.3, 0.4) is 0 Å². The van der Waals surface area contributed by atoms with Gasteiger partial charge in [0, 0.05) is 5.69 Å². The standard InChI is InChI=1S/C14H19FN2O4/c1-14(2,3)21-13(20)17-11(8-18)12(19)16-10-6-4-9(15)5-7-10/h4-7,11,18H,8H2,1-3H3,(H,16,19)(H,17,20)/t11-/m0/s1. The van der Waals surface area contributed by atoms with E-state index in [0.29, 0.717) is 5.69 Å². The number of aliphatic hydroxyl groups is 1. The van der Waals surface area contributed by atoms with Crippen LogP contribution in [-0.2, 0) is 9.53 Å². The van der Waals surface area contributed by atoms with Crippen molar-refractivity contribution < 1.29 is 23.8 Å². The van der Waals surface area contributed by atoms with Gasteiger partial charge < -0.3 is 20.5 Å². The number of carbonyl (C=O) groups is 2. The molecule has 6 nitrogen and oxygen atoms in total. The Balaban J connectivity index is 2.61. The van der Waals surface area contributed by atoms with E-state index < -0.39 is 36.1 Å². The van der Waals surface area contributed by atoms with E-state index >= 15 is 0 Å². The number of aliphatic hydroxyl groups excluding tert-OH is 1. The average molecular weight is 298 g/mol. The fourth-order valence-corrected chi connectivity index (χ4v) is 1.41. The zero-order chi connectivity index (χ0) is 16.0. The van der Waals surface area contributed by atoms with Gasteiger partial charge in [-0.25, -0.2) is 9.18 Å². The molecule has 0 aromatic heterocycles. The van der Waals surface area contributed by atoms with Crippen molar-refractivity contribution in [1.29, 1.82) is 0 Å². The summed E-state index contributed by atoms with van der Waals surface area (Å²) >= 11 is 0. The molecule has 0 aliphatic carbocycles. The predicted molar refractivity (Wildman–Crippen MR) is 75.3 cm³/mol. The van der Waals surface area contributed by atoms with Gasteiger partial charge in [-0.15, -0.1) is 0 Å². The highest BCUT2D eigenvalue weighted by Gasteiger charge is 2.23. The van der Waals surface area contributed by atoms with Gasteiger partial charge in [-0.3, -0.25) is 4.79 Å². The fourth-order valence-electron chi connectivity index (χ4n) is 1.41. The lowest BCUT2D eigenvalue weighted by Crippen LogP contribution is -2.47. The van der Waals surface area contributed by atoms with Crippen LogP contribution in [0, 0.1) is 5.82 Å². The van der Waals surface area contributed by atoms with Crippen molar-refractivity contribution in [2.75, 3.05) is 11.9 Å². The molecule has 0 aliphatic rings. The van der Waals surface area contributed by atoms with E-state index in [0.717, 1.165) is 0 Å². The molecule has 0 saturated carbocycles. The number of anilines is 1. The molecule has 0 aliphatic heterocycles. The molecule has 1 rings (SSSR count). The summed E-state index contributed by atoms with van der Waals surface area (Å²) in [6.45, 7) is 4.45. The molecule has 7 heteroatoms. The summed E-state index contributed by atoms with van der Waals surface area (Å²) < 4.78 is 17.7. The second-order valence-electron chi connectivity index (χ2n) is 5.38. The third-order valence-corrected chi connectivity index (χ3v) is 2.30. The minimum atomic E-state index is -1.16. The summed E-state index contributed by atoms with van der Waals surface area (Å²) in [4.78, 5) is 23.5. The highest BCUT2D eigenvalue weighted by Crippen LogP contribution is 2.09. The molecular formula is C14H19FN2O4. The van der Waals surface area contributed by atoms with E-state index in [1.807, 2.05) is 0 Å². The normalized spacial score (nSPS) is 12.4. The van der Waals surface area contributed by atoms with E-state index in [1.165, 1.54) is 24.3 Å². The maximum absolute atomic E-state index is 12.8. The molecule has 0 saturated heterocycles. The lowest BCUT2D eigenvalue weighted by molar-refractivity contribution is -0.119. The monoisotopic (exact) mass is 298 g/mol. The van der Waals surface area contributed by atoms with Crippen LogP contribution in [0.5, 0.6) is 0 Å². The molecule has 0 bridgehead atoms. The minimum absolute atomic E-state index is 0.353. The Morgan fingerprint density at radius 3 is 2.33 bits per heavy atom. The largest absolute Gasteiger partial charge is 0.444 e. The Kier molecular flexibility index (Phi) is 5.66. The summed E-state index contributed by atoms with van der Waals surface area (Å²) in [5.41, 5.74) is -0.358. The van der Waals surface area contributed by atoms with Crippen LogP contribution in [0.25, 0.3) is 0 Å². The van der Waals surface area contributed by atoms with E-state index in [4.69, 9.17) is 4.74 Å². The molecule has 1 aromatic carbocycles. The number of hydrogen-bond acceptors (Lipinski definition) is 4. The third kappa shape index (κ3) is 6.22. The van der Waals surface area contributed by atoms with E-state index in [9.17, 15) is 19.1 Å².